The lowest BCUT2D eigenvalue weighted by molar-refractivity contribution is 0.0880. The van der Waals surface area contributed by atoms with Crippen LogP contribution in [0.5, 0.6) is 11.5 Å². The van der Waals surface area contributed by atoms with Gasteiger partial charge < -0.3 is 20.1 Å². The summed E-state index contributed by atoms with van der Waals surface area (Å²) in [7, 11) is 0. The number of hydrogen-bond acceptors (Lipinski definition) is 5. The maximum absolute atomic E-state index is 13.1. The Morgan fingerprint density at radius 1 is 0.838 bits per heavy atom. The first-order valence-corrected chi connectivity index (χ1v) is 12.3. The number of aromatic nitrogens is 1. The average molecular weight is 512 g/mol. The first kappa shape index (κ1) is 22.9. The molecule has 8 heteroatoms. The molecule has 0 aliphatic carbocycles. The number of carbonyl (C=O) groups is 2. The third kappa shape index (κ3) is 3.75. The number of rotatable bonds is 6. The van der Waals surface area contributed by atoms with Crippen LogP contribution in [0, 0.1) is 0 Å². The highest BCUT2D eigenvalue weighted by Crippen LogP contribution is 2.42. The largest absolute Gasteiger partial charge is 0.508 e. The molecule has 4 N–H and O–H groups in total. The lowest BCUT2D eigenvalue weighted by Gasteiger charge is -2.13. The van der Waals surface area contributed by atoms with Gasteiger partial charge >= 0.3 is 0 Å². The summed E-state index contributed by atoms with van der Waals surface area (Å²) in [5, 5.41) is 27.8. The van der Waals surface area contributed by atoms with E-state index in [1.807, 2.05) is 42.5 Å². The van der Waals surface area contributed by atoms with Crippen LogP contribution >= 0.6 is 11.6 Å². The van der Waals surface area contributed by atoms with E-state index in [2.05, 4.69) is 15.2 Å². The summed E-state index contributed by atoms with van der Waals surface area (Å²) < 4.78 is 2.09. The van der Waals surface area contributed by atoms with E-state index < -0.39 is 11.8 Å². The molecule has 1 aliphatic rings. The number of imide groups is 1. The molecule has 7 nitrogen and oxygen atoms in total. The zero-order valence-electron chi connectivity index (χ0n) is 19.6. The standard InChI is InChI=1S/C29H22ClN3O4/c30-20-7-2-1-6-17(20)18-15-23-25(27-26(18)28(36)32-29(27)37)19-14-16(34)10-11-22(19)33(23)13-5-12-31-21-8-3-4-9-24(21)35/h1-4,6-11,14-15,31,34-35H,5,12-13H2,(H,32,36,37). The molecule has 0 atom stereocenters. The normalized spacial score (nSPS) is 12.8. The number of fused-ring (bicyclic) bond motifs is 5. The first-order chi connectivity index (χ1) is 17.9. The lowest BCUT2D eigenvalue weighted by atomic mass is 9.93. The van der Waals surface area contributed by atoms with E-state index >= 15 is 0 Å². The average Bonchev–Trinajstić information content (AvgIpc) is 3.35. The molecule has 0 unspecified atom stereocenters. The van der Waals surface area contributed by atoms with Crippen molar-refractivity contribution in [1.82, 2.24) is 9.88 Å². The maximum Gasteiger partial charge on any atom is 0.259 e. The smallest absolute Gasteiger partial charge is 0.259 e. The number of phenolic OH excluding ortho intramolecular Hbond substituents is 2. The Balaban J connectivity index is 1.52. The number of amides is 2. The number of halogens is 1. The molecule has 0 fully saturated rings. The van der Waals surface area contributed by atoms with E-state index in [4.69, 9.17) is 11.6 Å². The number of anilines is 1. The number of aryl methyl sites for hydroxylation is 1. The fourth-order valence-electron chi connectivity index (χ4n) is 5.15. The molecule has 0 saturated heterocycles. The van der Waals surface area contributed by atoms with E-state index in [0.29, 0.717) is 57.7 Å². The summed E-state index contributed by atoms with van der Waals surface area (Å²) in [5.74, 6) is -0.681. The molecule has 0 bridgehead atoms. The third-order valence-corrected chi connectivity index (χ3v) is 7.09. The molecule has 0 radical (unpaired) electrons. The van der Waals surface area contributed by atoms with Gasteiger partial charge in [0.2, 0.25) is 0 Å². The Morgan fingerprint density at radius 2 is 1.59 bits per heavy atom. The van der Waals surface area contributed by atoms with Crippen LogP contribution in [0.25, 0.3) is 32.9 Å². The number of aromatic hydroxyl groups is 2. The van der Waals surface area contributed by atoms with E-state index in [1.54, 1.807) is 30.3 Å². The molecule has 0 saturated carbocycles. The number of phenols is 2. The third-order valence-electron chi connectivity index (χ3n) is 6.76. The maximum atomic E-state index is 13.1. The second-order valence-electron chi connectivity index (χ2n) is 8.98. The minimum atomic E-state index is -0.470. The van der Waals surface area contributed by atoms with E-state index in [0.717, 1.165) is 11.0 Å². The SMILES string of the molecule is O=C1NC(=O)c2c1c(-c1ccccc1Cl)cc1c2c2cc(O)ccc2n1CCCNc1ccccc1O. The van der Waals surface area contributed by atoms with Crippen LogP contribution in [0.2, 0.25) is 5.02 Å². The zero-order chi connectivity index (χ0) is 25.7. The van der Waals surface area contributed by atoms with E-state index in [-0.39, 0.29) is 17.1 Å². The number of para-hydroxylation sites is 2. The van der Waals surface area contributed by atoms with Crippen LogP contribution in [0.4, 0.5) is 5.69 Å². The highest BCUT2D eigenvalue weighted by atomic mass is 35.5. The molecular formula is C29H22ClN3O4. The summed E-state index contributed by atoms with van der Waals surface area (Å²) in [5.41, 5.74) is 4.07. The first-order valence-electron chi connectivity index (χ1n) is 11.9. The molecule has 6 rings (SSSR count). The summed E-state index contributed by atoms with van der Waals surface area (Å²) >= 11 is 6.52. The van der Waals surface area contributed by atoms with Gasteiger partial charge in [0.05, 0.1) is 22.3 Å². The van der Waals surface area contributed by atoms with Crippen molar-refractivity contribution in [3.8, 4) is 22.6 Å². The van der Waals surface area contributed by atoms with Crippen molar-refractivity contribution < 1.29 is 19.8 Å². The Hall–Kier alpha value is -4.49. The van der Waals surface area contributed by atoms with Crippen LogP contribution in [0.1, 0.15) is 27.1 Å². The molecule has 1 aromatic heterocycles. The van der Waals surface area contributed by atoms with Crippen molar-refractivity contribution in [3.05, 3.63) is 88.9 Å². The van der Waals surface area contributed by atoms with Crippen molar-refractivity contribution in [2.75, 3.05) is 11.9 Å². The molecule has 184 valence electrons. The van der Waals surface area contributed by atoms with Crippen LogP contribution in [0.15, 0.2) is 72.8 Å². The Labute approximate surface area is 216 Å². The van der Waals surface area contributed by atoms with Gasteiger partial charge in [0.25, 0.3) is 11.8 Å². The fraction of sp³-hybridized carbons (Fsp3) is 0.103. The summed E-state index contributed by atoms with van der Waals surface area (Å²) in [6.45, 7) is 1.18. The molecule has 1 aliphatic heterocycles. The van der Waals surface area contributed by atoms with Crippen LogP contribution in [0.3, 0.4) is 0 Å². The quantitative estimate of drug-likeness (QED) is 0.129. The minimum Gasteiger partial charge on any atom is -0.508 e. The number of hydrogen-bond donors (Lipinski definition) is 4. The zero-order valence-corrected chi connectivity index (χ0v) is 20.3. The monoisotopic (exact) mass is 511 g/mol. The van der Waals surface area contributed by atoms with Gasteiger partial charge in [-0.2, -0.15) is 0 Å². The van der Waals surface area contributed by atoms with Crippen LogP contribution < -0.4 is 10.6 Å². The molecular weight excluding hydrogens is 490 g/mol. The number of benzene rings is 4. The van der Waals surface area contributed by atoms with Gasteiger partial charge in [-0.05, 0) is 54.4 Å². The van der Waals surface area contributed by atoms with Gasteiger partial charge in [-0.15, -0.1) is 0 Å². The van der Waals surface area contributed by atoms with Gasteiger partial charge in [0, 0.05) is 40.0 Å². The predicted molar refractivity (Wildman–Crippen MR) is 145 cm³/mol. The van der Waals surface area contributed by atoms with Crippen LogP contribution in [-0.2, 0) is 6.54 Å². The van der Waals surface area contributed by atoms with Crippen molar-refractivity contribution in [2.45, 2.75) is 13.0 Å². The van der Waals surface area contributed by atoms with Crippen LogP contribution in [-0.4, -0.2) is 33.1 Å². The van der Waals surface area contributed by atoms with Crippen molar-refractivity contribution in [2.24, 2.45) is 0 Å². The fourth-order valence-corrected chi connectivity index (χ4v) is 5.39. The Morgan fingerprint density at radius 3 is 2.41 bits per heavy atom. The number of nitrogens with zero attached hydrogens (tertiary/aromatic N) is 1. The second-order valence-corrected chi connectivity index (χ2v) is 9.39. The van der Waals surface area contributed by atoms with Crippen molar-refractivity contribution in [3.63, 3.8) is 0 Å². The topological polar surface area (TPSA) is 104 Å². The summed E-state index contributed by atoms with van der Waals surface area (Å²) in [6, 6.07) is 21.2. The highest BCUT2D eigenvalue weighted by Gasteiger charge is 2.34. The Kier molecular flexibility index (Phi) is 5.50. The molecule has 0 spiro atoms. The van der Waals surface area contributed by atoms with Crippen molar-refractivity contribution in [1.29, 1.82) is 0 Å². The second kappa shape index (κ2) is 8.87. The highest BCUT2D eigenvalue weighted by molar-refractivity contribution is 6.36. The number of carbonyl (C=O) groups excluding carboxylic acids is 2. The lowest BCUT2D eigenvalue weighted by Crippen LogP contribution is -2.20. The molecule has 5 aromatic rings. The molecule has 2 amide bonds. The van der Waals surface area contributed by atoms with Gasteiger partial charge in [-0.3, -0.25) is 14.9 Å². The molecule has 37 heavy (non-hydrogen) atoms. The van der Waals surface area contributed by atoms with Gasteiger partial charge in [-0.25, -0.2) is 0 Å². The van der Waals surface area contributed by atoms with Gasteiger partial charge in [0.15, 0.2) is 0 Å². The van der Waals surface area contributed by atoms with Gasteiger partial charge in [0.1, 0.15) is 11.5 Å². The summed E-state index contributed by atoms with van der Waals surface area (Å²) in [6.07, 6.45) is 0.706. The summed E-state index contributed by atoms with van der Waals surface area (Å²) in [4.78, 5) is 26.0. The predicted octanol–water partition coefficient (Wildman–Crippen LogP) is 5.91. The number of nitrogens with one attached hydrogen (secondary N) is 2. The van der Waals surface area contributed by atoms with E-state index in [9.17, 15) is 19.8 Å². The molecule has 2 heterocycles. The van der Waals surface area contributed by atoms with E-state index in [1.165, 1.54) is 0 Å². The Bertz CT molecular complexity index is 1740. The molecule has 4 aromatic carbocycles. The van der Waals surface area contributed by atoms with Crippen molar-refractivity contribution >= 4 is 50.9 Å². The minimum absolute atomic E-state index is 0.0708. The van der Waals surface area contributed by atoms with Gasteiger partial charge in [-0.1, -0.05) is 41.9 Å².